The van der Waals surface area contributed by atoms with Crippen molar-refractivity contribution in [3.05, 3.63) is 108 Å². The van der Waals surface area contributed by atoms with E-state index in [1.54, 1.807) is 4.90 Å². The minimum atomic E-state index is -1.31. The van der Waals surface area contributed by atoms with Crippen molar-refractivity contribution in [1.29, 1.82) is 0 Å². The van der Waals surface area contributed by atoms with Crippen molar-refractivity contribution in [2.45, 2.75) is 24.3 Å². The van der Waals surface area contributed by atoms with Crippen LogP contribution in [0.4, 0.5) is 0 Å². The number of carboxylic acid groups (broad SMARTS) is 1. The van der Waals surface area contributed by atoms with Crippen LogP contribution in [0, 0.1) is 0 Å². The lowest BCUT2D eigenvalue weighted by Gasteiger charge is -2.35. The topological polar surface area (TPSA) is 57.6 Å². The maximum absolute atomic E-state index is 13.1. The van der Waals surface area contributed by atoms with Crippen LogP contribution in [0.3, 0.4) is 0 Å². The SMILES string of the molecule is O=C1CC(C(=O)O)(c2ccccc2)C(c2ccccc2)N1CCc1ccccc1. The zero-order valence-electron chi connectivity index (χ0n) is 16.1. The average molecular weight is 385 g/mol. The number of amides is 1. The lowest BCUT2D eigenvalue weighted by molar-refractivity contribution is -0.145. The minimum absolute atomic E-state index is 0.0410. The number of carbonyl (C=O) groups excluding carboxylic acids is 1. The van der Waals surface area contributed by atoms with Crippen molar-refractivity contribution in [1.82, 2.24) is 4.90 Å². The molecule has 0 aromatic heterocycles. The van der Waals surface area contributed by atoms with E-state index in [2.05, 4.69) is 0 Å². The van der Waals surface area contributed by atoms with Crippen molar-refractivity contribution in [2.24, 2.45) is 0 Å². The molecule has 1 fully saturated rings. The molecule has 1 saturated heterocycles. The molecule has 1 N–H and O–H groups in total. The fraction of sp³-hybridized carbons (Fsp3) is 0.200. The smallest absolute Gasteiger partial charge is 0.317 e. The van der Waals surface area contributed by atoms with Crippen molar-refractivity contribution >= 4 is 11.9 Å². The second-order valence-electron chi connectivity index (χ2n) is 7.46. The number of likely N-dealkylation sites (tertiary alicyclic amines) is 1. The number of benzene rings is 3. The Labute approximate surface area is 170 Å². The van der Waals surface area contributed by atoms with Crippen LogP contribution in [0.15, 0.2) is 91.0 Å². The lowest BCUT2D eigenvalue weighted by atomic mass is 9.71. The molecule has 0 radical (unpaired) electrons. The standard InChI is InChI=1S/C25H23NO3/c27-22-18-25(24(28)29,21-14-8-3-9-15-21)23(20-12-6-2-7-13-20)26(22)17-16-19-10-4-1-5-11-19/h1-15,23H,16-18H2,(H,28,29). The molecular weight excluding hydrogens is 362 g/mol. The van der Waals surface area contributed by atoms with Gasteiger partial charge in [0.25, 0.3) is 0 Å². The van der Waals surface area contributed by atoms with Crippen LogP contribution in [0.25, 0.3) is 0 Å². The lowest BCUT2D eigenvalue weighted by Crippen LogP contribution is -2.42. The molecule has 2 atom stereocenters. The maximum atomic E-state index is 13.1. The number of nitrogens with zero attached hydrogens (tertiary/aromatic N) is 1. The van der Waals surface area contributed by atoms with E-state index in [-0.39, 0.29) is 12.3 Å². The molecule has 2 unspecified atom stereocenters. The van der Waals surface area contributed by atoms with Crippen LogP contribution in [-0.4, -0.2) is 28.4 Å². The van der Waals surface area contributed by atoms with Gasteiger partial charge in [-0.3, -0.25) is 9.59 Å². The predicted octanol–water partition coefficient (Wildman–Crippen LogP) is 4.23. The summed E-state index contributed by atoms with van der Waals surface area (Å²) in [6, 6.07) is 28.1. The van der Waals surface area contributed by atoms with Crippen molar-refractivity contribution in [3.63, 3.8) is 0 Å². The van der Waals surface area contributed by atoms with Crippen molar-refractivity contribution in [3.8, 4) is 0 Å². The first kappa shape index (κ1) is 18.9. The van der Waals surface area contributed by atoms with E-state index >= 15 is 0 Å². The molecule has 4 rings (SSSR count). The number of carbonyl (C=O) groups is 2. The zero-order chi connectivity index (χ0) is 20.3. The van der Waals surface area contributed by atoms with Gasteiger partial charge in [0.2, 0.25) is 5.91 Å². The summed E-state index contributed by atoms with van der Waals surface area (Å²) in [4.78, 5) is 27.6. The summed E-state index contributed by atoms with van der Waals surface area (Å²) in [5, 5.41) is 10.4. The molecular formula is C25H23NO3. The Morgan fingerprint density at radius 1 is 0.897 bits per heavy atom. The highest BCUT2D eigenvalue weighted by Gasteiger charge is 2.58. The zero-order valence-corrected chi connectivity index (χ0v) is 16.1. The molecule has 29 heavy (non-hydrogen) atoms. The van der Waals surface area contributed by atoms with E-state index in [9.17, 15) is 14.7 Å². The van der Waals surface area contributed by atoms with Gasteiger partial charge in [0.05, 0.1) is 6.04 Å². The molecule has 4 heteroatoms. The summed E-state index contributed by atoms with van der Waals surface area (Å²) in [7, 11) is 0. The van der Waals surface area contributed by atoms with Crippen molar-refractivity contribution in [2.75, 3.05) is 6.54 Å². The summed E-state index contributed by atoms with van der Waals surface area (Å²) < 4.78 is 0. The highest BCUT2D eigenvalue weighted by atomic mass is 16.4. The number of aliphatic carboxylic acids is 1. The first-order valence-electron chi connectivity index (χ1n) is 9.80. The van der Waals surface area contributed by atoms with Crippen LogP contribution in [0.1, 0.15) is 29.2 Å². The third kappa shape index (κ3) is 3.42. The largest absolute Gasteiger partial charge is 0.480 e. The van der Waals surface area contributed by atoms with Gasteiger partial charge in [-0.05, 0) is 23.1 Å². The van der Waals surface area contributed by atoms with E-state index in [4.69, 9.17) is 0 Å². The summed E-state index contributed by atoms with van der Waals surface area (Å²) in [6.07, 6.45) is 0.640. The van der Waals surface area contributed by atoms with E-state index in [1.807, 2.05) is 91.0 Å². The fourth-order valence-electron chi connectivity index (χ4n) is 4.41. The van der Waals surface area contributed by atoms with Gasteiger partial charge in [0.15, 0.2) is 0 Å². The first-order valence-corrected chi connectivity index (χ1v) is 9.80. The highest BCUT2D eigenvalue weighted by molar-refractivity contribution is 5.95. The molecule has 1 amide bonds. The van der Waals surface area contributed by atoms with Gasteiger partial charge in [-0.2, -0.15) is 0 Å². The van der Waals surface area contributed by atoms with Crippen LogP contribution in [-0.2, 0) is 21.4 Å². The molecule has 1 aliphatic heterocycles. The molecule has 4 nitrogen and oxygen atoms in total. The summed E-state index contributed by atoms with van der Waals surface area (Å²) >= 11 is 0. The number of rotatable bonds is 6. The second kappa shape index (κ2) is 7.92. The molecule has 146 valence electrons. The Balaban J connectivity index is 1.79. The Bertz CT molecular complexity index is 988. The summed E-state index contributed by atoms with van der Waals surface area (Å²) in [5.74, 6) is -1.09. The second-order valence-corrected chi connectivity index (χ2v) is 7.46. The molecule has 0 aliphatic carbocycles. The monoisotopic (exact) mass is 385 g/mol. The molecule has 0 saturated carbocycles. The van der Waals surface area contributed by atoms with Crippen molar-refractivity contribution < 1.29 is 14.7 Å². The Morgan fingerprint density at radius 2 is 1.45 bits per heavy atom. The van der Waals surface area contributed by atoms with E-state index in [0.717, 1.165) is 11.1 Å². The van der Waals surface area contributed by atoms with E-state index < -0.39 is 17.4 Å². The van der Waals surface area contributed by atoms with Gasteiger partial charge in [-0.25, -0.2) is 0 Å². The van der Waals surface area contributed by atoms with E-state index in [1.165, 1.54) is 0 Å². The molecule has 1 heterocycles. The third-order valence-corrected chi connectivity index (χ3v) is 5.80. The first-order chi connectivity index (χ1) is 14.1. The number of carboxylic acids is 1. The maximum Gasteiger partial charge on any atom is 0.317 e. The summed E-state index contributed by atoms with van der Waals surface area (Å²) in [5.41, 5.74) is 1.32. The van der Waals surface area contributed by atoms with Gasteiger partial charge in [-0.1, -0.05) is 91.0 Å². The third-order valence-electron chi connectivity index (χ3n) is 5.80. The normalized spacial score (nSPS) is 21.3. The average Bonchev–Trinajstić information content (AvgIpc) is 3.07. The Morgan fingerprint density at radius 3 is 2.03 bits per heavy atom. The Kier molecular flexibility index (Phi) is 5.17. The Hall–Kier alpha value is -3.40. The van der Waals surface area contributed by atoms with Crippen LogP contribution in [0.5, 0.6) is 0 Å². The van der Waals surface area contributed by atoms with E-state index in [0.29, 0.717) is 18.5 Å². The van der Waals surface area contributed by atoms with Crippen LogP contribution in [0.2, 0.25) is 0 Å². The van der Waals surface area contributed by atoms with Crippen LogP contribution >= 0.6 is 0 Å². The number of hydrogen-bond acceptors (Lipinski definition) is 2. The quantitative estimate of drug-likeness (QED) is 0.691. The predicted molar refractivity (Wildman–Crippen MR) is 111 cm³/mol. The van der Waals surface area contributed by atoms with Gasteiger partial charge in [0.1, 0.15) is 5.41 Å². The fourth-order valence-corrected chi connectivity index (χ4v) is 4.41. The molecule has 0 spiro atoms. The highest BCUT2D eigenvalue weighted by Crippen LogP contribution is 2.50. The number of hydrogen-bond donors (Lipinski definition) is 1. The van der Waals surface area contributed by atoms with Crippen LogP contribution < -0.4 is 0 Å². The molecule has 1 aliphatic rings. The van der Waals surface area contributed by atoms with Gasteiger partial charge >= 0.3 is 5.97 Å². The van der Waals surface area contributed by atoms with Gasteiger partial charge < -0.3 is 10.0 Å². The van der Waals surface area contributed by atoms with Gasteiger partial charge in [0, 0.05) is 13.0 Å². The molecule has 3 aromatic rings. The minimum Gasteiger partial charge on any atom is -0.480 e. The summed E-state index contributed by atoms with van der Waals surface area (Å²) in [6.45, 7) is 0.476. The molecule has 0 bridgehead atoms. The molecule has 3 aromatic carbocycles. The van der Waals surface area contributed by atoms with Gasteiger partial charge in [-0.15, -0.1) is 0 Å².